The number of rotatable bonds is 7. The molecule has 2 N–H and O–H groups in total. The predicted octanol–water partition coefficient (Wildman–Crippen LogP) is 3.59. The highest BCUT2D eigenvalue weighted by atomic mass is 16.6. The van der Waals surface area contributed by atoms with E-state index in [4.69, 9.17) is 4.74 Å². The first-order chi connectivity index (χ1) is 12.4. The van der Waals surface area contributed by atoms with Crippen LogP contribution in [0.4, 0.5) is 17.1 Å². The molecule has 0 radical (unpaired) electrons. The highest BCUT2D eigenvalue weighted by Crippen LogP contribution is 2.28. The molecule has 0 fully saturated rings. The second-order valence-electron chi connectivity index (χ2n) is 5.31. The minimum absolute atomic E-state index is 0.108. The lowest BCUT2D eigenvalue weighted by atomic mass is 10.1. The molecule has 136 valence electrons. The first-order valence-electron chi connectivity index (χ1n) is 8.07. The zero-order chi connectivity index (χ0) is 19.1. The first-order valence-corrected chi connectivity index (χ1v) is 8.07. The molecule has 0 aliphatic rings. The molecule has 26 heavy (non-hydrogen) atoms. The first kappa shape index (κ1) is 18.9. The molecular weight excluding hydrogens is 338 g/mol. The summed E-state index contributed by atoms with van der Waals surface area (Å²) >= 11 is 0. The van der Waals surface area contributed by atoms with Crippen molar-refractivity contribution >= 4 is 28.9 Å². The summed E-state index contributed by atoms with van der Waals surface area (Å²) in [6, 6.07) is 10.6. The average molecular weight is 357 g/mol. The van der Waals surface area contributed by atoms with Crippen LogP contribution in [-0.4, -0.2) is 23.3 Å². The number of carbonyl (C=O) groups excluding carboxylic acids is 2. The van der Waals surface area contributed by atoms with Crippen molar-refractivity contribution in [1.82, 2.24) is 0 Å². The molecule has 2 aromatic rings. The van der Waals surface area contributed by atoms with Crippen LogP contribution in [0.5, 0.6) is 5.75 Å². The van der Waals surface area contributed by atoms with Gasteiger partial charge in [-0.15, -0.1) is 0 Å². The average Bonchev–Trinajstić information content (AvgIpc) is 2.63. The lowest BCUT2D eigenvalue weighted by Gasteiger charge is -2.09. The molecule has 8 nitrogen and oxygen atoms in total. The summed E-state index contributed by atoms with van der Waals surface area (Å²) in [7, 11) is 0. The maximum Gasteiger partial charge on any atom is 0.311 e. The van der Waals surface area contributed by atoms with E-state index < -0.39 is 10.8 Å². The fourth-order valence-corrected chi connectivity index (χ4v) is 2.17. The Labute approximate surface area is 150 Å². The van der Waals surface area contributed by atoms with Gasteiger partial charge in [-0.25, -0.2) is 0 Å². The molecule has 2 rings (SSSR count). The van der Waals surface area contributed by atoms with Crippen molar-refractivity contribution < 1.29 is 19.2 Å². The summed E-state index contributed by atoms with van der Waals surface area (Å²) in [5, 5.41) is 16.5. The second-order valence-corrected chi connectivity index (χ2v) is 5.31. The predicted molar refractivity (Wildman–Crippen MR) is 97.6 cm³/mol. The Morgan fingerprint density at radius 2 is 1.65 bits per heavy atom. The minimum Gasteiger partial charge on any atom is -0.487 e. The zero-order valence-electron chi connectivity index (χ0n) is 14.4. The Morgan fingerprint density at radius 3 is 2.19 bits per heavy atom. The summed E-state index contributed by atoms with van der Waals surface area (Å²) in [5.41, 5.74) is 0.994. The van der Waals surface area contributed by atoms with E-state index in [2.05, 4.69) is 10.6 Å². The van der Waals surface area contributed by atoms with E-state index in [1.165, 1.54) is 18.2 Å². The van der Waals surface area contributed by atoms with Gasteiger partial charge < -0.3 is 15.4 Å². The second kappa shape index (κ2) is 8.61. The molecule has 0 bridgehead atoms. The number of ether oxygens (including phenoxy) is 1. The van der Waals surface area contributed by atoms with Gasteiger partial charge >= 0.3 is 5.69 Å². The van der Waals surface area contributed by atoms with Gasteiger partial charge in [0.2, 0.25) is 5.91 Å². The molecule has 0 atom stereocenters. The van der Waals surface area contributed by atoms with Crippen molar-refractivity contribution in [2.24, 2.45) is 0 Å². The Kier molecular flexibility index (Phi) is 6.26. The van der Waals surface area contributed by atoms with E-state index in [-0.39, 0.29) is 29.5 Å². The Morgan fingerprint density at radius 1 is 1.04 bits per heavy atom. The van der Waals surface area contributed by atoms with E-state index in [1.54, 1.807) is 38.1 Å². The van der Waals surface area contributed by atoms with Gasteiger partial charge in [0, 0.05) is 29.4 Å². The summed E-state index contributed by atoms with van der Waals surface area (Å²) in [6.07, 6.45) is 0.370. The van der Waals surface area contributed by atoms with Gasteiger partial charge in [0.15, 0.2) is 5.75 Å². The van der Waals surface area contributed by atoms with Gasteiger partial charge in [-0.1, -0.05) is 6.92 Å². The fourth-order valence-electron chi connectivity index (χ4n) is 2.17. The van der Waals surface area contributed by atoms with Gasteiger partial charge in [0.05, 0.1) is 11.5 Å². The maximum absolute atomic E-state index is 12.3. The number of nitrogens with one attached hydrogen (secondary N) is 2. The lowest BCUT2D eigenvalue weighted by Crippen LogP contribution is -2.13. The van der Waals surface area contributed by atoms with Crippen molar-refractivity contribution in [3.8, 4) is 5.75 Å². The van der Waals surface area contributed by atoms with E-state index in [0.717, 1.165) is 0 Å². The number of nitro benzene ring substituents is 1. The van der Waals surface area contributed by atoms with Crippen molar-refractivity contribution in [3.05, 3.63) is 58.1 Å². The Bertz CT molecular complexity index is 818. The number of anilines is 2. The number of carbonyl (C=O) groups is 2. The zero-order valence-corrected chi connectivity index (χ0v) is 14.4. The third-order valence-electron chi connectivity index (χ3n) is 3.47. The Hall–Kier alpha value is -3.42. The summed E-state index contributed by atoms with van der Waals surface area (Å²) in [6.45, 7) is 3.75. The number of hydrogen-bond donors (Lipinski definition) is 2. The molecule has 0 saturated carbocycles. The third-order valence-corrected chi connectivity index (χ3v) is 3.47. The summed E-state index contributed by atoms with van der Waals surface area (Å²) < 4.78 is 5.20. The van der Waals surface area contributed by atoms with Crippen LogP contribution < -0.4 is 15.4 Å². The smallest absolute Gasteiger partial charge is 0.311 e. The monoisotopic (exact) mass is 357 g/mol. The molecule has 0 heterocycles. The van der Waals surface area contributed by atoms with Crippen molar-refractivity contribution in [1.29, 1.82) is 0 Å². The number of amides is 2. The van der Waals surface area contributed by atoms with E-state index in [0.29, 0.717) is 17.8 Å². The molecule has 0 saturated heterocycles. The highest BCUT2D eigenvalue weighted by Gasteiger charge is 2.18. The molecule has 2 amide bonds. The largest absolute Gasteiger partial charge is 0.487 e. The molecule has 0 aliphatic carbocycles. The number of nitrogens with zero attached hydrogens (tertiary/aromatic N) is 1. The SMILES string of the molecule is CCOc1ccc(C(=O)Nc2ccc(NC(=O)CC)cc2)cc1[N+](=O)[O-]. The van der Waals surface area contributed by atoms with Gasteiger partial charge in [0.25, 0.3) is 5.91 Å². The number of nitro groups is 1. The van der Waals surface area contributed by atoms with Gasteiger partial charge in [-0.3, -0.25) is 19.7 Å². The highest BCUT2D eigenvalue weighted by molar-refractivity contribution is 6.05. The number of benzene rings is 2. The number of hydrogen-bond acceptors (Lipinski definition) is 5. The van der Waals surface area contributed by atoms with Gasteiger partial charge in [0.1, 0.15) is 0 Å². The van der Waals surface area contributed by atoms with Crippen molar-refractivity contribution in [2.45, 2.75) is 20.3 Å². The van der Waals surface area contributed by atoms with Crippen LogP contribution in [0.3, 0.4) is 0 Å². The quantitative estimate of drug-likeness (QED) is 0.581. The van der Waals surface area contributed by atoms with Crippen LogP contribution >= 0.6 is 0 Å². The molecular formula is C18H19N3O5. The Balaban J connectivity index is 2.13. The summed E-state index contributed by atoms with van der Waals surface area (Å²) in [5.74, 6) is -0.477. The third kappa shape index (κ3) is 4.79. The molecule has 0 spiro atoms. The van der Waals surface area contributed by atoms with Gasteiger partial charge in [-0.2, -0.15) is 0 Å². The fraction of sp³-hybridized carbons (Fsp3) is 0.222. The molecule has 2 aromatic carbocycles. The van der Waals surface area contributed by atoms with Crippen molar-refractivity contribution in [3.63, 3.8) is 0 Å². The van der Waals surface area contributed by atoms with Crippen LogP contribution in [0, 0.1) is 10.1 Å². The molecule has 0 aromatic heterocycles. The minimum atomic E-state index is -0.590. The normalized spacial score (nSPS) is 10.1. The maximum atomic E-state index is 12.3. The standard InChI is InChI=1S/C18H19N3O5/c1-3-17(22)19-13-6-8-14(9-7-13)20-18(23)12-5-10-16(26-4-2)15(11-12)21(24)25/h5-11H,3-4H2,1-2H3,(H,19,22)(H,20,23). The van der Waals surface area contributed by atoms with Crippen LogP contribution in [-0.2, 0) is 4.79 Å². The molecule has 0 aliphatic heterocycles. The van der Waals surface area contributed by atoms with Crippen LogP contribution in [0.2, 0.25) is 0 Å². The molecule has 0 unspecified atom stereocenters. The van der Waals surface area contributed by atoms with Crippen molar-refractivity contribution in [2.75, 3.05) is 17.2 Å². The van der Waals surface area contributed by atoms with Crippen LogP contribution in [0.1, 0.15) is 30.6 Å². The van der Waals surface area contributed by atoms with Crippen LogP contribution in [0.25, 0.3) is 0 Å². The van der Waals surface area contributed by atoms with E-state index in [9.17, 15) is 19.7 Å². The van der Waals surface area contributed by atoms with Gasteiger partial charge in [-0.05, 0) is 43.3 Å². The molecule has 8 heteroatoms. The van der Waals surface area contributed by atoms with E-state index >= 15 is 0 Å². The lowest BCUT2D eigenvalue weighted by molar-refractivity contribution is -0.385. The van der Waals surface area contributed by atoms with Crippen LogP contribution in [0.15, 0.2) is 42.5 Å². The topological polar surface area (TPSA) is 111 Å². The summed E-state index contributed by atoms with van der Waals surface area (Å²) in [4.78, 5) is 34.2. The van der Waals surface area contributed by atoms with E-state index in [1.807, 2.05) is 0 Å².